The third kappa shape index (κ3) is 3.98. The predicted octanol–water partition coefficient (Wildman–Crippen LogP) is 5.17. The Morgan fingerprint density at radius 3 is 2.44 bits per heavy atom. The van der Waals surface area contributed by atoms with E-state index in [1.165, 1.54) is 11.1 Å². The van der Waals surface area contributed by atoms with Gasteiger partial charge in [0, 0.05) is 12.2 Å². The number of fused-ring (bicyclic) bond motifs is 1. The Labute approximate surface area is 153 Å². The minimum absolute atomic E-state index is 0.0269. The largest absolute Gasteiger partial charge is 0.353 e. The van der Waals surface area contributed by atoms with Gasteiger partial charge in [-0.2, -0.15) is 0 Å². The summed E-state index contributed by atoms with van der Waals surface area (Å²) in [5, 5.41) is 0. The van der Waals surface area contributed by atoms with E-state index in [1.807, 2.05) is 20.8 Å². The number of hydrogen-bond donors (Lipinski definition) is 0. The van der Waals surface area contributed by atoms with Crippen molar-refractivity contribution in [2.75, 3.05) is 13.2 Å². The first-order valence-corrected chi connectivity index (χ1v) is 9.42. The molecule has 0 saturated heterocycles. The lowest BCUT2D eigenvalue weighted by atomic mass is 9.58. The van der Waals surface area contributed by atoms with Crippen molar-refractivity contribution in [2.24, 2.45) is 5.92 Å². The Bertz CT molecular complexity index is 643. The summed E-state index contributed by atoms with van der Waals surface area (Å²) < 4.78 is 10.9. The van der Waals surface area contributed by atoms with Crippen LogP contribution in [0.1, 0.15) is 81.9 Å². The first-order chi connectivity index (χ1) is 11.5. The van der Waals surface area contributed by atoms with Gasteiger partial charge in [0.2, 0.25) is 0 Å². The molecule has 0 saturated carbocycles. The molecule has 0 N–H and O–H groups in total. The van der Waals surface area contributed by atoms with Gasteiger partial charge >= 0.3 is 0 Å². The second-order valence-corrected chi connectivity index (χ2v) is 8.68. The van der Waals surface area contributed by atoms with Gasteiger partial charge in [0.15, 0.2) is 12.1 Å². The summed E-state index contributed by atoms with van der Waals surface area (Å²) in [5.41, 5.74) is 4.70. The van der Waals surface area contributed by atoms with Crippen molar-refractivity contribution in [3.8, 4) is 0 Å². The second kappa shape index (κ2) is 7.20. The number of rotatable bonds is 6. The van der Waals surface area contributed by atoms with E-state index in [0.29, 0.717) is 12.5 Å². The smallest absolute Gasteiger partial charge is 0.188 e. The zero-order valence-electron chi connectivity index (χ0n) is 17.2. The number of carbonyl (C=O) groups excluding carboxylic acids is 1. The predicted molar refractivity (Wildman–Crippen MR) is 102 cm³/mol. The van der Waals surface area contributed by atoms with Crippen LogP contribution in [-0.2, 0) is 20.3 Å². The van der Waals surface area contributed by atoms with Crippen molar-refractivity contribution >= 4 is 5.78 Å². The van der Waals surface area contributed by atoms with E-state index < -0.39 is 0 Å². The van der Waals surface area contributed by atoms with Crippen molar-refractivity contribution in [1.82, 2.24) is 0 Å². The number of ether oxygens (including phenoxy) is 2. The molecular formula is C22H34O3. The van der Waals surface area contributed by atoms with Gasteiger partial charge in [-0.15, -0.1) is 0 Å². The number of carbonyl (C=O) groups is 1. The molecule has 2 atom stereocenters. The van der Waals surface area contributed by atoms with Crippen molar-refractivity contribution in [3.05, 3.63) is 34.4 Å². The van der Waals surface area contributed by atoms with Crippen LogP contribution in [0.4, 0.5) is 0 Å². The fourth-order valence-corrected chi connectivity index (χ4v) is 4.05. The topological polar surface area (TPSA) is 35.5 Å². The molecule has 0 bridgehead atoms. The maximum Gasteiger partial charge on any atom is 0.188 e. The number of aryl methyl sites for hydroxylation is 1. The summed E-state index contributed by atoms with van der Waals surface area (Å²) in [6, 6.07) is 4.35. The molecule has 25 heavy (non-hydrogen) atoms. The van der Waals surface area contributed by atoms with E-state index in [1.54, 1.807) is 0 Å². The first-order valence-electron chi connectivity index (χ1n) is 9.42. The molecule has 2 rings (SSSR count). The molecule has 0 aromatic heterocycles. The van der Waals surface area contributed by atoms with Crippen LogP contribution in [0.25, 0.3) is 0 Å². The van der Waals surface area contributed by atoms with Crippen molar-refractivity contribution in [2.45, 2.75) is 78.9 Å². The van der Waals surface area contributed by atoms with E-state index in [-0.39, 0.29) is 29.5 Å². The van der Waals surface area contributed by atoms with Crippen LogP contribution < -0.4 is 0 Å². The number of hydrogen-bond acceptors (Lipinski definition) is 3. The van der Waals surface area contributed by atoms with E-state index in [4.69, 9.17) is 9.47 Å². The summed E-state index contributed by atoms with van der Waals surface area (Å²) in [7, 11) is 0. The van der Waals surface area contributed by atoms with Crippen molar-refractivity contribution in [3.63, 3.8) is 0 Å². The van der Waals surface area contributed by atoms with Gasteiger partial charge in [0.1, 0.15) is 6.61 Å². The highest BCUT2D eigenvalue weighted by Crippen LogP contribution is 2.49. The highest BCUT2D eigenvalue weighted by Gasteiger charge is 2.42. The van der Waals surface area contributed by atoms with Gasteiger partial charge in [-0.25, -0.2) is 0 Å². The quantitative estimate of drug-likeness (QED) is 0.526. The fourth-order valence-electron chi connectivity index (χ4n) is 4.05. The zero-order chi connectivity index (χ0) is 19.0. The Morgan fingerprint density at radius 1 is 1.20 bits per heavy atom. The summed E-state index contributed by atoms with van der Waals surface area (Å²) >= 11 is 0. The monoisotopic (exact) mass is 346 g/mol. The molecule has 0 fully saturated rings. The van der Waals surface area contributed by atoms with Gasteiger partial charge in [-0.1, -0.05) is 40.7 Å². The third-order valence-electron chi connectivity index (χ3n) is 5.99. The molecule has 0 aliphatic heterocycles. The summed E-state index contributed by atoms with van der Waals surface area (Å²) in [6.07, 6.45) is 0.768. The molecule has 140 valence electrons. The Morgan fingerprint density at radius 2 is 1.84 bits per heavy atom. The molecule has 0 heterocycles. The number of ketones is 1. The molecular weight excluding hydrogens is 312 g/mol. The molecule has 3 nitrogen and oxygen atoms in total. The maximum absolute atomic E-state index is 12.7. The summed E-state index contributed by atoms with van der Waals surface area (Å²) in [5.74, 6) is 0.630. The molecule has 0 radical (unpaired) electrons. The normalized spacial score (nSPS) is 22.3. The number of Topliss-reactive ketones (excluding diaryl/α,β-unsaturated/α-hetero) is 1. The van der Waals surface area contributed by atoms with Crippen LogP contribution in [-0.4, -0.2) is 25.3 Å². The van der Waals surface area contributed by atoms with E-state index in [2.05, 4.69) is 46.8 Å². The van der Waals surface area contributed by atoms with Crippen LogP contribution in [0.15, 0.2) is 12.1 Å². The molecule has 2 unspecified atom stereocenters. The van der Waals surface area contributed by atoms with Gasteiger partial charge in [-0.3, -0.25) is 4.79 Å². The van der Waals surface area contributed by atoms with E-state index in [9.17, 15) is 4.79 Å². The highest BCUT2D eigenvalue weighted by molar-refractivity contribution is 5.98. The van der Waals surface area contributed by atoms with E-state index >= 15 is 0 Å². The highest BCUT2D eigenvalue weighted by atomic mass is 16.7. The summed E-state index contributed by atoms with van der Waals surface area (Å²) in [6.45, 7) is 18.0. The molecule has 1 aliphatic carbocycles. The SMILES string of the molecule is CCOC(C)OCC(=O)c1cc2c(cc1C)C(C)(C)C(C)CC2(C)C. The minimum Gasteiger partial charge on any atom is -0.353 e. The molecule has 3 heteroatoms. The van der Waals surface area contributed by atoms with Gasteiger partial charge in [0.05, 0.1) is 0 Å². The molecule has 1 aromatic carbocycles. The zero-order valence-corrected chi connectivity index (χ0v) is 17.2. The third-order valence-corrected chi connectivity index (χ3v) is 5.99. The van der Waals surface area contributed by atoms with Crippen LogP contribution in [0.5, 0.6) is 0 Å². The van der Waals surface area contributed by atoms with Gasteiger partial charge in [-0.05, 0) is 66.7 Å². The van der Waals surface area contributed by atoms with Crippen LogP contribution in [0.2, 0.25) is 0 Å². The molecule has 1 aliphatic rings. The first kappa shape index (κ1) is 20.1. The maximum atomic E-state index is 12.7. The second-order valence-electron chi connectivity index (χ2n) is 8.68. The van der Waals surface area contributed by atoms with Crippen molar-refractivity contribution < 1.29 is 14.3 Å². The average Bonchev–Trinajstić information content (AvgIpc) is 2.50. The molecule has 1 aromatic rings. The lowest BCUT2D eigenvalue weighted by Gasteiger charge is -2.47. The van der Waals surface area contributed by atoms with Crippen LogP contribution in [0.3, 0.4) is 0 Å². The lowest BCUT2D eigenvalue weighted by Crippen LogP contribution is -2.40. The number of benzene rings is 1. The lowest BCUT2D eigenvalue weighted by molar-refractivity contribution is -0.119. The van der Waals surface area contributed by atoms with Crippen LogP contribution in [0, 0.1) is 12.8 Å². The van der Waals surface area contributed by atoms with Gasteiger partial charge < -0.3 is 9.47 Å². The average molecular weight is 347 g/mol. The Hall–Kier alpha value is -1.19. The molecule has 0 spiro atoms. The minimum atomic E-state index is -0.358. The Kier molecular flexibility index (Phi) is 5.80. The van der Waals surface area contributed by atoms with Gasteiger partial charge in [0.25, 0.3) is 0 Å². The fraction of sp³-hybridized carbons (Fsp3) is 0.682. The summed E-state index contributed by atoms with van der Waals surface area (Å²) in [4.78, 5) is 12.7. The Balaban J connectivity index is 2.36. The van der Waals surface area contributed by atoms with Crippen molar-refractivity contribution in [1.29, 1.82) is 0 Å². The van der Waals surface area contributed by atoms with Crippen LogP contribution >= 0.6 is 0 Å². The molecule has 0 amide bonds. The standard InChI is InChI=1S/C22H34O3/c1-9-24-16(4)25-13-20(23)17-11-18-19(10-14(17)2)22(7,8)15(3)12-21(18,5)6/h10-11,15-16H,9,12-13H2,1-8H3. The van der Waals surface area contributed by atoms with E-state index in [0.717, 1.165) is 17.5 Å².